The van der Waals surface area contributed by atoms with Crippen LogP contribution >= 0.6 is 8.25 Å². The van der Waals surface area contributed by atoms with Gasteiger partial charge in [0.1, 0.15) is 0 Å². The van der Waals surface area contributed by atoms with Gasteiger partial charge in [0.25, 0.3) is 0 Å². The van der Waals surface area contributed by atoms with Gasteiger partial charge in [-0.05, 0) is 5.56 Å². The van der Waals surface area contributed by atoms with Gasteiger partial charge in [0.15, 0.2) is 0 Å². The number of aliphatic imine (C=N–C) groups is 1. The third-order valence-corrected chi connectivity index (χ3v) is 1.17. The Bertz CT molecular complexity index is 317. The first-order valence-corrected chi connectivity index (χ1v) is 4.96. The molecule has 0 atom stereocenters. The highest BCUT2D eigenvalue weighted by molar-refractivity contribution is 7.30. The van der Waals surface area contributed by atoms with E-state index in [0.29, 0.717) is 6.54 Å². The molecule has 0 fully saturated rings. The van der Waals surface area contributed by atoms with Crippen LogP contribution in [0.5, 0.6) is 0 Å². The molecule has 0 bridgehead atoms. The van der Waals surface area contributed by atoms with E-state index in [9.17, 15) is 4.79 Å². The lowest BCUT2D eigenvalue weighted by Gasteiger charge is -1.89. The minimum absolute atomic E-state index is 0.435. The number of carbonyl (C=O) groups excluding carboxylic acids is 1. The van der Waals surface area contributed by atoms with Crippen molar-refractivity contribution in [3.8, 4) is 0 Å². The first-order chi connectivity index (χ1) is 6.66. The number of rotatable bonds is 2. The average molecular weight is 215 g/mol. The lowest BCUT2D eigenvalue weighted by atomic mass is 10.2. The molecule has 0 radical (unpaired) electrons. The minimum atomic E-state index is -3.13. The van der Waals surface area contributed by atoms with Crippen LogP contribution < -0.4 is 0 Å². The van der Waals surface area contributed by atoms with Crippen molar-refractivity contribution in [1.29, 1.82) is 0 Å². The van der Waals surface area contributed by atoms with Crippen LogP contribution in [-0.4, -0.2) is 15.9 Å². The monoisotopic (exact) mass is 215 g/mol. The van der Waals surface area contributed by atoms with E-state index in [1.165, 1.54) is 6.08 Å². The molecule has 6 heteroatoms. The molecule has 2 N–H and O–H groups in total. The maximum Gasteiger partial charge on any atom is 0.314 e. The Morgan fingerprint density at radius 2 is 1.79 bits per heavy atom. The quantitative estimate of drug-likeness (QED) is 0.435. The van der Waals surface area contributed by atoms with Gasteiger partial charge >= 0.3 is 8.25 Å². The summed E-state index contributed by atoms with van der Waals surface area (Å²) in [6.07, 6.45) is 1.49. The molecule has 0 aliphatic heterocycles. The lowest BCUT2D eigenvalue weighted by Crippen LogP contribution is -1.77. The van der Waals surface area contributed by atoms with Crippen molar-refractivity contribution in [3.05, 3.63) is 35.9 Å². The summed E-state index contributed by atoms with van der Waals surface area (Å²) in [5.74, 6) is 0. The smallest absolute Gasteiger partial charge is 0.314 e. The number of isocyanates is 1. The van der Waals surface area contributed by atoms with E-state index in [1.54, 1.807) is 0 Å². The van der Waals surface area contributed by atoms with Crippen LogP contribution in [-0.2, 0) is 15.9 Å². The zero-order valence-electron chi connectivity index (χ0n) is 7.25. The summed E-state index contributed by atoms with van der Waals surface area (Å²) >= 11 is 0. The average Bonchev–Trinajstić information content (AvgIpc) is 2.15. The molecule has 1 aromatic carbocycles. The Kier molecular flexibility index (Phi) is 7.61. The number of benzene rings is 1. The predicted molar refractivity (Wildman–Crippen MR) is 51.7 cm³/mol. The van der Waals surface area contributed by atoms with E-state index in [1.807, 2.05) is 30.3 Å². The van der Waals surface area contributed by atoms with Gasteiger partial charge in [0.05, 0.1) is 6.54 Å². The maximum atomic E-state index is 9.69. The van der Waals surface area contributed by atoms with Crippen molar-refractivity contribution in [2.75, 3.05) is 0 Å². The first-order valence-electron chi connectivity index (χ1n) is 3.66. The highest BCUT2D eigenvalue weighted by Gasteiger charge is 1.84. The molecule has 0 aliphatic carbocycles. The van der Waals surface area contributed by atoms with Crippen molar-refractivity contribution in [3.63, 3.8) is 0 Å². The standard InChI is InChI=1S/C8H7NO.H3O3P/c10-7-9-6-8-4-2-1-3-5-8;1-4(2)3/h1-5H,6H2;4H,(H2,1,2,3). The van der Waals surface area contributed by atoms with Gasteiger partial charge in [-0.25, -0.2) is 9.79 Å². The van der Waals surface area contributed by atoms with Gasteiger partial charge in [-0.1, -0.05) is 30.3 Å². The Balaban J connectivity index is 0.000000364. The Hall–Kier alpha value is -1.25. The zero-order valence-corrected chi connectivity index (χ0v) is 8.25. The molecule has 76 valence electrons. The SMILES string of the molecule is O=C=NCc1ccccc1.O=[PH](O)O. The van der Waals surface area contributed by atoms with Crippen LogP contribution in [0.1, 0.15) is 5.56 Å². The number of nitrogens with zero attached hydrogens (tertiary/aromatic N) is 1. The summed E-state index contributed by atoms with van der Waals surface area (Å²) < 4.78 is 8.74. The van der Waals surface area contributed by atoms with Crippen LogP contribution in [0, 0.1) is 0 Å². The normalized spacial score (nSPS) is 8.50. The molecular formula is C8H10NO4P. The van der Waals surface area contributed by atoms with Gasteiger partial charge < -0.3 is 9.79 Å². The summed E-state index contributed by atoms with van der Waals surface area (Å²) in [6.45, 7) is 0.435. The molecule has 1 rings (SSSR count). The fourth-order valence-corrected chi connectivity index (χ4v) is 0.707. The third-order valence-electron chi connectivity index (χ3n) is 1.17. The molecule has 0 unspecified atom stereocenters. The van der Waals surface area contributed by atoms with Gasteiger partial charge in [-0.3, -0.25) is 4.57 Å². The van der Waals surface area contributed by atoms with E-state index in [4.69, 9.17) is 14.4 Å². The van der Waals surface area contributed by atoms with E-state index in [-0.39, 0.29) is 0 Å². The van der Waals surface area contributed by atoms with Crippen LogP contribution in [0.25, 0.3) is 0 Å². The van der Waals surface area contributed by atoms with Crippen molar-refractivity contribution >= 4 is 14.3 Å². The Labute approximate surface area is 81.7 Å². The minimum Gasteiger partial charge on any atom is -0.326 e. The highest BCUT2D eigenvalue weighted by atomic mass is 31.1. The van der Waals surface area contributed by atoms with Gasteiger partial charge in [-0.2, -0.15) is 0 Å². The third kappa shape index (κ3) is 8.84. The van der Waals surface area contributed by atoms with Crippen molar-refractivity contribution < 1.29 is 19.1 Å². The Morgan fingerprint density at radius 3 is 2.21 bits per heavy atom. The second-order valence-corrected chi connectivity index (χ2v) is 2.74. The maximum absolute atomic E-state index is 9.69. The largest absolute Gasteiger partial charge is 0.326 e. The molecule has 0 aromatic heterocycles. The molecule has 0 aliphatic rings. The molecule has 0 spiro atoms. The van der Waals surface area contributed by atoms with E-state index in [2.05, 4.69) is 4.99 Å². The van der Waals surface area contributed by atoms with Crippen LogP contribution in [0.15, 0.2) is 35.3 Å². The van der Waals surface area contributed by atoms with Crippen LogP contribution in [0.3, 0.4) is 0 Å². The van der Waals surface area contributed by atoms with Gasteiger partial charge in [-0.15, -0.1) is 0 Å². The molecule has 0 heterocycles. The molecule has 5 nitrogen and oxygen atoms in total. The zero-order chi connectivity index (χ0) is 10.8. The summed E-state index contributed by atoms with van der Waals surface area (Å²) in [6, 6.07) is 9.58. The summed E-state index contributed by atoms with van der Waals surface area (Å²) in [4.78, 5) is 27.4. The fraction of sp³-hybridized carbons (Fsp3) is 0.125. The lowest BCUT2D eigenvalue weighted by molar-refractivity contribution is 0.405. The molecule has 0 amide bonds. The highest BCUT2D eigenvalue weighted by Crippen LogP contribution is 1.99. The molecule has 14 heavy (non-hydrogen) atoms. The predicted octanol–water partition coefficient (Wildman–Crippen LogP) is 0.883. The summed E-state index contributed by atoms with van der Waals surface area (Å²) in [7, 11) is -3.13. The summed E-state index contributed by atoms with van der Waals surface area (Å²) in [5.41, 5.74) is 1.03. The molecule has 0 saturated heterocycles. The fourth-order valence-electron chi connectivity index (χ4n) is 0.707. The Morgan fingerprint density at radius 1 is 1.29 bits per heavy atom. The number of hydrogen-bond acceptors (Lipinski definition) is 3. The van der Waals surface area contributed by atoms with Crippen molar-refractivity contribution in [2.45, 2.75) is 6.54 Å². The topological polar surface area (TPSA) is 87.0 Å². The molecule has 1 aromatic rings. The van der Waals surface area contributed by atoms with Crippen LogP contribution in [0.2, 0.25) is 0 Å². The van der Waals surface area contributed by atoms with Gasteiger partial charge in [0, 0.05) is 0 Å². The van der Waals surface area contributed by atoms with Crippen molar-refractivity contribution in [2.24, 2.45) is 4.99 Å². The molecule has 0 saturated carbocycles. The van der Waals surface area contributed by atoms with E-state index in [0.717, 1.165) is 5.56 Å². The summed E-state index contributed by atoms with van der Waals surface area (Å²) in [5, 5.41) is 0. The second-order valence-electron chi connectivity index (χ2n) is 2.18. The second kappa shape index (κ2) is 8.35. The van der Waals surface area contributed by atoms with Gasteiger partial charge in [0.2, 0.25) is 6.08 Å². The first kappa shape index (κ1) is 12.8. The molecular weight excluding hydrogens is 205 g/mol. The number of hydrogen-bond donors (Lipinski definition) is 2. The van der Waals surface area contributed by atoms with Crippen molar-refractivity contribution in [1.82, 2.24) is 0 Å². The van der Waals surface area contributed by atoms with E-state index < -0.39 is 8.25 Å². The van der Waals surface area contributed by atoms with Crippen LogP contribution in [0.4, 0.5) is 0 Å². The van der Waals surface area contributed by atoms with E-state index >= 15 is 0 Å².